The summed E-state index contributed by atoms with van der Waals surface area (Å²) in [5.74, 6) is 0.297. The van der Waals surface area contributed by atoms with Crippen molar-refractivity contribution in [2.24, 2.45) is 10.7 Å². The number of rotatable bonds is 5. The Hall–Kier alpha value is -1.98. The molecule has 126 valence electrons. The van der Waals surface area contributed by atoms with Crippen LogP contribution in [0.5, 0.6) is 0 Å². The second kappa shape index (κ2) is 6.64. The van der Waals surface area contributed by atoms with Crippen LogP contribution in [0, 0.1) is 0 Å². The van der Waals surface area contributed by atoms with Crippen molar-refractivity contribution < 1.29 is 13.2 Å². The zero-order valence-electron chi connectivity index (χ0n) is 13.2. The molecule has 1 fully saturated rings. The molecule has 0 spiro atoms. The summed E-state index contributed by atoms with van der Waals surface area (Å²) in [7, 11) is 0. The molecule has 23 heavy (non-hydrogen) atoms. The van der Waals surface area contributed by atoms with Crippen LogP contribution >= 0.6 is 0 Å². The van der Waals surface area contributed by atoms with Crippen LogP contribution in [-0.2, 0) is 11.6 Å². The average Bonchev–Trinajstić information content (AvgIpc) is 2.43. The third-order valence-corrected chi connectivity index (χ3v) is 4.24. The van der Waals surface area contributed by atoms with Gasteiger partial charge in [0.2, 0.25) is 0 Å². The van der Waals surface area contributed by atoms with Gasteiger partial charge in [0, 0.05) is 12.0 Å². The lowest BCUT2D eigenvalue weighted by molar-refractivity contribution is -0.137. The van der Waals surface area contributed by atoms with Crippen molar-refractivity contribution in [3.63, 3.8) is 0 Å². The van der Waals surface area contributed by atoms with Gasteiger partial charge >= 0.3 is 6.18 Å². The standard InChI is InChI=1S/C17H22F3N3/c1-12(2)10-22-15(21)23-11-16(7-4-8-16)13-5-3-6-14(9-13)17(18,19)20/h3,5-6,9H,1,4,7-8,10-11H2,2H3,(H3,21,22,23). The van der Waals surface area contributed by atoms with E-state index in [2.05, 4.69) is 16.9 Å². The van der Waals surface area contributed by atoms with Crippen LogP contribution in [0.1, 0.15) is 37.3 Å². The molecule has 3 N–H and O–H groups in total. The second-order valence-corrected chi connectivity index (χ2v) is 6.22. The van der Waals surface area contributed by atoms with Gasteiger partial charge in [-0.2, -0.15) is 13.2 Å². The lowest BCUT2D eigenvalue weighted by Crippen LogP contribution is -2.40. The molecule has 2 rings (SSSR count). The number of nitrogens with zero attached hydrogens (tertiary/aromatic N) is 1. The first-order chi connectivity index (χ1) is 10.7. The predicted molar refractivity (Wildman–Crippen MR) is 86.3 cm³/mol. The number of hydrogen-bond acceptors (Lipinski definition) is 1. The Morgan fingerprint density at radius 2 is 2.09 bits per heavy atom. The van der Waals surface area contributed by atoms with E-state index in [1.165, 1.54) is 12.1 Å². The predicted octanol–water partition coefficient (Wildman–Crippen LogP) is 3.61. The molecular weight excluding hydrogens is 303 g/mol. The van der Waals surface area contributed by atoms with E-state index in [0.717, 1.165) is 30.9 Å². The van der Waals surface area contributed by atoms with E-state index in [-0.39, 0.29) is 5.41 Å². The minimum atomic E-state index is -4.33. The van der Waals surface area contributed by atoms with Crippen molar-refractivity contribution >= 4 is 5.96 Å². The monoisotopic (exact) mass is 325 g/mol. The van der Waals surface area contributed by atoms with Crippen molar-refractivity contribution in [3.8, 4) is 0 Å². The molecule has 0 amide bonds. The fourth-order valence-corrected chi connectivity index (χ4v) is 2.70. The largest absolute Gasteiger partial charge is 0.416 e. The summed E-state index contributed by atoms with van der Waals surface area (Å²) in [5.41, 5.74) is 6.47. The average molecular weight is 325 g/mol. The van der Waals surface area contributed by atoms with Crippen LogP contribution < -0.4 is 11.1 Å². The number of nitrogens with two attached hydrogens (primary N) is 1. The van der Waals surface area contributed by atoms with Crippen LogP contribution in [0.15, 0.2) is 41.4 Å². The van der Waals surface area contributed by atoms with Gasteiger partial charge in [-0.15, -0.1) is 0 Å². The van der Waals surface area contributed by atoms with Gasteiger partial charge in [-0.3, -0.25) is 4.99 Å². The third kappa shape index (κ3) is 4.27. The minimum absolute atomic E-state index is 0.297. The van der Waals surface area contributed by atoms with E-state index < -0.39 is 11.7 Å². The van der Waals surface area contributed by atoms with E-state index in [1.54, 1.807) is 6.07 Å². The van der Waals surface area contributed by atoms with Crippen LogP contribution in [-0.4, -0.2) is 19.0 Å². The Morgan fingerprint density at radius 3 is 2.61 bits per heavy atom. The first kappa shape index (κ1) is 17.4. The van der Waals surface area contributed by atoms with Gasteiger partial charge in [0.1, 0.15) is 0 Å². The highest BCUT2D eigenvalue weighted by atomic mass is 19.4. The zero-order valence-corrected chi connectivity index (χ0v) is 13.2. The molecule has 0 aliphatic heterocycles. The van der Waals surface area contributed by atoms with Crippen LogP contribution in [0.4, 0.5) is 13.2 Å². The Bertz CT molecular complexity index is 601. The normalized spacial score (nSPS) is 17.5. The Balaban J connectivity index is 2.15. The molecule has 1 aromatic rings. The molecule has 1 aliphatic carbocycles. The lowest BCUT2D eigenvalue weighted by atomic mass is 9.64. The van der Waals surface area contributed by atoms with Crippen molar-refractivity contribution in [2.45, 2.75) is 37.8 Å². The van der Waals surface area contributed by atoms with Crippen molar-refractivity contribution in [3.05, 3.63) is 47.5 Å². The number of benzene rings is 1. The van der Waals surface area contributed by atoms with Gasteiger partial charge in [0.05, 0.1) is 12.1 Å². The van der Waals surface area contributed by atoms with E-state index in [0.29, 0.717) is 24.6 Å². The summed E-state index contributed by atoms with van der Waals surface area (Å²) in [6.07, 6.45) is -1.69. The molecule has 6 heteroatoms. The molecule has 0 radical (unpaired) electrons. The molecule has 1 saturated carbocycles. The van der Waals surface area contributed by atoms with Crippen molar-refractivity contribution in [2.75, 3.05) is 13.1 Å². The minimum Gasteiger partial charge on any atom is -0.370 e. The maximum Gasteiger partial charge on any atom is 0.416 e. The SMILES string of the molecule is C=C(C)CNC(N)=NCC1(c2cccc(C(F)(F)F)c2)CCC1. The topological polar surface area (TPSA) is 50.4 Å². The Kier molecular flexibility index (Phi) is 5.02. The van der Waals surface area contributed by atoms with E-state index in [1.807, 2.05) is 6.92 Å². The van der Waals surface area contributed by atoms with E-state index in [4.69, 9.17) is 5.73 Å². The van der Waals surface area contributed by atoms with Gasteiger partial charge in [-0.1, -0.05) is 36.8 Å². The molecule has 0 unspecified atom stereocenters. The molecule has 0 aromatic heterocycles. The molecule has 0 heterocycles. The summed E-state index contributed by atoms with van der Waals surface area (Å²) < 4.78 is 38.7. The maximum atomic E-state index is 12.9. The Labute approximate surface area is 134 Å². The lowest BCUT2D eigenvalue weighted by Gasteiger charge is -2.41. The first-order valence-electron chi connectivity index (χ1n) is 7.59. The molecule has 3 nitrogen and oxygen atoms in total. The van der Waals surface area contributed by atoms with Gasteiger partial charge in [0.15, 0.2) is 5.96 Å². The molecule has 0 bridgehead atoms. The number of halogens is 3. The number of guanidine groups is 1. The maximum absolute atomic E-state index is 12.9. The number of nitrogens with one attached hydrogen (secondary N) is 1. The highest BCUT2D eigenvalue weighted by Gasteiger charge is 2.40. The molecular formula is C17H22F3N3. The molecule has 1 aliphatic rings. The Morgan fingerprint density at radius 1 is 1.39 bits per heavy atom. The van der Waals surface area contributed by atoms with Crippen LogP contribution in [0.3, 0.4) is 0 Å². The van der Waals surface area contributed by atoms with Crippen molar-refractivity contribution in [1.82, 2.24) is 5.32 Å². The highest BCUT2D eigenvalue weighted by molar-refractivity contribution is 5.78. The first-order valence-corrected chi connectivity index (χ1v) is 7.59. The molecule has 1 aromatic carbocycles. The van der Waals surface area contributed by atoms with E-state index in [9.17, 15) is 13.2 Å². The highest BCUT2D eigenvalue weighted by Crippen LogP contribution is 2.45. The number of alkyl halides is 3. The summed E-state index contributed by atoms with van der Waals surface area (Å²) in [5, 5.41) is 2.94. The summed E-state index contributed by atoms with van der Waals surface area (Å²) in [4.78, 5) is 4.32. The van der Waals surface area contributed by atoms with Gasteiger partial charge in [-0.25, -0.2) is 0 Å². The zero-order chi connectivity index (χ0) is 17.1. The molecule has 0 atom stereocenters. The van der Waals surface area contributed by atoms with Gasteiger partial charge in [-0.05, 0) is 31.4 Å². The summed E-state index contributed by atoms with van der Waals surface area (Å²) >= 11 is 0. The number of aliphatic imine (C=N–C) groups is 1. The fraction of sp³-hybridized carbons (Fsp3) is 0.471. The van der Waals surface area contributed by atoms with Gasteiger partial charge < -0.3 is 11.1 Å². The van der Waals surface area contributed by atoms with Gasteiger partial charge in [0.25, 0.3) is 0 Å². The summed E-state index contributed by atoms with van der Waals surface area (Å²) in [6, 6.07) is 5.56. The van der Waals surface area contributed by atoms with E-state index >= 15 is 0 Å². The van der Waals surface area contributed by atoms with Crippen LogP contribution in [0.2, 0.25) is 0 Å². The van der Waals surface area contributed by atoms with Crippen molar-refractivity contribution in [1.29, 1.82) is 0 Å². The summed E-state index contributed by atoms with van der Waals surface area (Å²) in [6.45, 7) is 6.56. The molecule has 0 saturated heterocycles. The smallest absolute Gasteiger partial charge is 0.370 e. The fourth-order valence-electron chi connectivity index (χ4n) is 2.70. The van der Waals surface area contributed by atoms with Crippen LogP contribution in [0.25, 0.3) is 0 Å². The second-order valence-electron chi connectivity index (χ2n) is 6.22. The quantitative estimate of drug-likeness (QED) is 0.494. The third-order valence-electron chi connectivity index (χ3n) is 4.24. The number of hydrogen-bond donors (Lipinski definition) is 2.